The quantitative estimate of drug-likeness (QED) is 0.892. The highest BCUT2D eigenvalue weighted by atomic mass is 79.9. The number of rotatable bonds is 2. The van der Waals surface area contributed by atoms with Crippen LogP contribution in [0.4, 0.5) is 5.69 Å². The first-order valence-corrected chi connectivity index (χ1v) is 8.35. The van der Waals surface area contributed by atoms with Gasteiger partial charge in [-0.15, -0.1) is 0 Å². The van der Waals surface area contributed by atoms with Crippen LogP contribution in [-0.4, -0.2) is 32.3 Å². The van der Waals surface area contributed by atoms with Gasteiger partial charge in [0.25, 0.3) is 0 Å². The van der Waals surface area contributed by atoms with Crippen LogP contribution in [0.25, 0.3) is 0 Å². The molecule has 0 amide bonds. The minimum absolute atomic E-state index is 0.350. The van der Waals surface area contributed by atoms with Crippen LogP contribution >= 0.6 is 15.9 Å². The number of nitrogens with zero attached hydrogens (tertiary/aromatic N) is 1. The van der Waals surface area contributed by atoms with Crippen LogP contribution < -0.4 is 15.0 Å². The Bertz CT molecular complexity index is 472. The van der Waals surface area contributed by atoms with E-state index in [1.165, 1.54) is 37.8 Å². The van der Waals surface area contributed by atoms with E-state index in [9.17, 15) is 0 Å². The summed E-state index contributed by atoms with van der Waals surface area (Å²) >= 11 is 3.60. The molecule has 20 heavy (non-hydrogen) atoms. The molecule has 0 bridgehead atoms. The lowest BCUT2D eigenvalue weighted by atomic mass is 9.97. The van der Waals surface area contributed by atoms with Gasteiger partial charge in [0.05, 0.1) is 11.6 Å². The van der Waals surface area contributed by atoms with Crippen molar-refractivity contribution in [1.82, 2.24) is 5.32 Å². The van der Waals surface area contributed by atoms with Crippen LogP contribution in [0.15, 0.2) is 22.7 Å². The summed E-state index contributed by atoms with van der Waals surface area (Å²) in [5.41, 5.74) is 1.65. The van der Waals surface area contributed by atoms with Crippen LogP contribution in [0.2, 0.25) is 0 Å². The van der Waals surface area contributed by atoms with E-state index >= 15 is 0 Å². The molecular formula is C16H23BrN2O. The van der Waals surface area contributed by atoms with Crippen LogP contribution in [-0.2, 0) is 0 Å². The Morgan fingerprint density at radius 1 is 1.25 bits per heavy atom. The van der Waals surface area contributed by atoms with E-state index in [4.69, 9.17) is 4.74 Å². The molecule has 2 fully saturated rings. The molecule has 4 heteroatoms. The molecule has 3 nitrogen and oxygen atoms in total. The Kier molecular flexibility index (Phi) is 4.22. The average molecular weight is 339 g/mol. The molecule has 1 aliphatic heterocycles. The molecule has 1 aliphatic carbocycles. The molecule has 1 aromatic rings. The number of nitrogens with one attached hydrogen (secondary N) is 1. The van der Waals surface area contributed by atoms with Crippen molar-refractivity contribution in [3.63, 3.8) is 0 Å². The van der Waals surface area contributed by atoms with Crippen molar-refractivity contribution in [2.75, 3.05) is 31.6 Å². The molecule has 0 radical (unpaired) electrons. The molecule has 0 unspecified atom stereocenters. The fourth-order valence-electron chi connectivity index (χ4n) is 3.58. The molecule has 110 valence electrons. The van der Waals surface area contributed by atoms with E-state index in [2.05, 4.69) is 44.3 Å². The Labute approximate surface area is 129 Å². The third-order valence-corrected chi connectivity index (χ3v) is 5.28. The normalized spacial score (nSPS) is 22.0. The third-order valence-electron chi connectivity index (χ3n) is 4.66. The Morgan fingerprint density at radius 2 is 2.05 bits per heavy atom. The lowest BCUT2D eigenvalue weighted by Crippen LogP contribution is -2.49. The summed E-state index contributed by atoms with van der Waals surface area (Å²) in [5.74, 6) is 0.900. The van der Waals surface area contributed by atoms with Crippen LogP contribution in [0, 0.1) is 0 Å². The predicted molar refractivity (Wildman–Crippen MR) is 86.7 cm³/mol. The Hall–Kier alpha value is -0.740. The molecule has 1 aromatic carbocycles. The number of hydrogen-bond donors (Lipinski definition) is 1. The van der Waals surface area contributed by atoms with E-state index in [1.807, 2.05) is 0 Å². The minimum Gasteiger partial charge on any atom is -0.496 e. The van der Waals surface area contributed by atoms with Crippen LogP contribution in [0.1, 0.15) is 32.1 Å². The molecule has 1 N–H and O–H groups in total. The summed E-state index contributed by atoms with van der Waals surface area (Å²) in [6, 6.07) is 6.42. The zero-order chi connectivity index (χ0) is 14.0. The van der Waals surface area contributed by atoms with Gasteiger partial charge in [-0.25, -0.2) is 0 Å². The number of ether oxygens (including phenoxy) is 1. The smallest absolute Gasteiger partial charge is 0.133 e. The van der Waals surface area contributed by atoms with Gasteiger partial charge in [0, 0.05) is 24.3 Å². The highest BCUT2D eigenvalue weighted by molar-refractivity contribution is 9.10. The second-order valence-corrected chi connectivity index (χ2v) is 6.86. The summed E-state index contributed by atoms with van der Waals surface area (Å²) in [7, 11) is 1.71. The summed E-state index contributed by atoms with van der Waals surface area (Å²) in [5, 5.41) is 3.82. The SMILES string of the molecule is COc1ccc(N2CCCNC3(CCCC3)C2)cc1Br. The van der Waals surface area contributed by atoms with Crippen LogP contribution in [0.3, 0.4) is 0 Å². The summed E-state index contributed by atoms with van der Waals surface area (Å²) < 4.78 is 6.36. The van der Waals surface area contributed by atoms with E-state index in [1.54, 1.807) is 7.11 Å². The molecule has 3 rings (SSSR count). The van der Waals surface area contributed by atoms with E-state index < -0.39 is 0 Å². The Morgan fingerprint density at radius 3 is 2.75 bits per heavy atom. The van der Waals surface area contributed by atoms with Gasteiger partial charge in [0.15, 0.2) is 0 Å². The van der Waals surface area contributed by atoms with Gasteiger partial charge < -0.3 is 15.0 Å². The maximum Gasteiger partial charge on any atom is 0.133 e. The van der Waals surface area contributed by atoms with Crippen molar-refractivity contribution >= 4 is 21.6 Å². The van der Waals surface area contributed by atoms with Crippen LogP contribution in [0.5, 0.6) is 5.75 Å². The summed E-state index contributed by atoms with van der Waals surface area (Å²) in [6.07, 6.45) is 6.59. The molecule has 0 atom stereocenters. The monoisotopic (exact) mass is 338 g/mol. The van der Waals surface area contributed by atoms with E-state index in [0.29, 0.717) is 5.54 Å². The highest BCUT2D eigenvalue weighted by Gasteiger charge is 2.36. The predicted octanol–water partition coefficient (Wildman–Crippen LogP) is 3.57. The topological polar surface area (TPSA) is 24.5 Å². The molecular weight excluding hydrogens is 316 g/mol. The van der Waals surface area contributed by atoms with Crippen molar-refractivity contribution in [2.24, 2.45) is 0 Å². The van der Waals surface area contributed by atoms with Gasteiger partial charge in [-0.1, -0.05) is 12.8 Å². The summed E-state index contributed by atoms with van der Waals surface area (Å²) in [4.78, 5) is 2.54. The number of methoxy groups -OCH3 is 1. The van der Waals surface area contributed by atoms with Gasteiger partial charge in [-0.3, -0.25) is 0 Å². The minimum atomic E-state index is 0.350. The molecule has 2 aliphatic rings. The van der Waals surface area contributed by atoms with Gasteiger partial charge in [-0.2, -0.15) is 0 Å². The molecule has 1 spiro atoms. The van der Waals surface area contributed by atoms with Gasteiger partial charge in [0.1, 0.15) is 5.75 Å². The fourth-order valence-corrected chi connectivity index (χ4v) is 4.11. The number of anilines is 1. The Balaban J connectivity index is 1.82. The first kappa shape index (κ1) is 14.2. The number of benzene rings is 1. The standard InChI is InChI=1S/C16H23BrN2O/c1-20-15-6-5-13(11-14(15)17)19-10-4-9-18-16(12-19)7-2-3-8-16/h5-6,11,18H,2-4,7-10,12H2,1H3. The van der Waals surface area contributed by atoms with E-state index in [0.717, 1.165) is 29.9 Å². The van der Waals surface area contributed by atoms with E-state index in [-0.39, 0.29) is 0 Å². The maximum atomic E-state index is 5.33. The third kappa shape index (κ3) is 2.82. The van der Waals surface area contributed by atoms with Crippen molar-refractivity contribution in [3.8, 4) is 5.75 Å². The molecule has 1 heterocycles. The average Bonchev–Trinajstić information content (AvgIpc) is 2.79. The largest absolute Gasteiger partial charge is 0.496 e. The summed E-state index contributed by atoms with van der Waals surface area (Å²) in [6.45, 7) is 3.41. The second-order valence-electron chi connectivity index (χ2n) is 6.01. The number of hydrogen-bond acceptors (Lipinski definition) is 3. The maximum absolute atomic E-state index is 5.33. The first-order chi connectivity index (χ1) is 9.72. The fraction of sp³-hybridized carbons (Fsp3) is 0.625. The zero-order valence-electron chi connectivity index (χ0n) is 12.1. The molecule has 1 saturated heterocycles. The highest BCUT2D eigenvalue weighted by Crippen LogP contribution is 2.35. The molecule has 0 aromatic heterocycles. The lowest BCUT2D eigenvalue weighted by Gasteiger charge is -2.34. The second kappa shape index (κ2) is 5.94. The van der Waals surface area contributed by atoms with Crippen molar-refractivity contribution < 1.29 is 4.74 Å². The van der Waals surface area contributed by atoms with Gasteiger partial charge in [-0.05, 0) is 59.9 Å². The van der Waals surface area contributed by atoms with Crippen molar-refractivity contribution in [3.05, 3.63) is 22.7 Å². The number of halogens is 1. The van der Waals surface area contributed by atoms with Crippen molar-refractivity contribution in [2.45, 2.75) is 37.6 Å². The van der Waals surface area contributed by atoms with Crippen molar-refractivity contribution in [1.29, 1.82) is 0 Å². The van der Waals surface area contributed by atoms with Gasteiger partial charge in [0.2, 0.25) is 0 Å². The lowest BCUT2D eigenvalue weighted by molar-refractivity contribution is 0.354. The zero-order valence-corrected chi connectivity index (χ0v) is 13.7. The first-order valence-electron chi connectivity index (χ1n) is 7.56. The van der Waals surface area contributed by atoms with Gasteiger partial charge >= 0.3 is 0 Å². The molecule has 1 saturated carbocycles.